The van der Waals surface area contributed by atoms with Gasteiger partial charge in [0.2, 0.25) is 0 Å². The van der Waals surface area contributed by atoms with E-state index in [1.807, 2.05) is 37.3 Å². The topological polar surface area (TPSA) is 55.8 Å². The molecule has 0 radical (unpaired) electrons. The van der Waals surface area contributed by atoms with Crippen LogP contribution in [0.4, 0.5) is 9.18 Å². The van der Waals surface area contributed by atoms with Crippen LogP contribution in [0, 0.1) is 16.3 Å². The Labute approximate surface area is 215 Å². The number of aryl methyl sites for hydroxylation is 1. The van der Waals surface area contributed by atoms with Crippen LogP contribution in [0.1, 0.15) is 22.3 Å². The number of hydrogen-bond donors (Lipinski definition) is 0. The molecule has 3 aromatic carbocycles. The predicted molar refractivity (Wildman–Crippen MR) is 139 cm³/mol. The van der Waals surface area contributed by atoms with Crippen molar-refractivity contribution in [3.8, 4) is 11.5 Å². The van der Waals surface area contributed by atoms with E-state index >= 15 is 0 Å². The summed E-state index contributed by atoms with van der Waals surface area (Å²) >= 11 is 3.07. The average Bonchev–Trinajstić information content (AvgIpc) is 3.07. The van der Waals surface area contributed by atoms with E-state index in [1.54, 1.807) is 24.3 Å². The minimum Gasteiger partial charge on any atom is -0.493 e. The Kier molecular flexibility index (Phi) is 7.57. The summed E-state index contributed by atoms with van der Waals surface area (Å²) in [4.78, 5) is 27.1. The molecule has 1 heterocycles. The van der Waals surface area contributed by atoms with E-state index in [-0.39, 0.29) is 30.1 Å². The Balaban J connectivity index is 1.53. The zero-order chi connectivity index (χ0) is 24.2. The molecule has 0 spiro atoms. The molecule has 0 N–H and O–H groups in total. The second-order valence-electron chi connectivity index (χ2n) is 7.64. The molecule has 1 aliphatic heterocycles. The number of carbonyl (C=O) groups is 2. The van der Waals surface area contributed by atoms with Gasteiger partial charge in [-0.25, -0.2) is 4.39 Å². The van der Waals surface area contributed by atoms with Crippen LogP contribution in [0.2, 0.25) is 0 Å². The number of ether oxygens (including phenoxy) is 2. The van der Waals surface area contributed by atoms with Crippen LogP contribution in [0.15, 0.2) is 65.6 Å². The summed E-state index contributed by atoms with van der Waals surface area (Å²) < 4.78 is 25.4. The van der Waals surface area contributed by atoms with E-state index in [2.05, 4.69) is 22.6 Å². The first-order valence-corrected chi connectivity index (χ1v) is 12.3. The van der Waals surface area contributed by atoms with Gasteiger partial charge in [-0.2, -0.15) is 0 Å². The molecular weight excluding hydrogens is 568 g/mol. The van der Waals surface area contributed by atoms with Crippen LogP contribution >= 0.6 is 34.4 Å². The summed E-state index contributed by atoms with van der Waals surface area (Å²) in [7, 11) is 1.54. The van der Waals surface area contributed by atoms with Crippen molar-refractivity contribution in [1.29, 1.82) is 0 Å². The fourth-order valence-corrected chi connectivity index (χ4v) is 5.06. The zero-order valence-electron chi connectivity index (χ0n) is 18.5. The Morgan fingerprint density at radius 3 is 2.53 bits per heavy atom. The van der Waals surface area contributed by atoms with Crippen molar-refractivity contribution in [2.75, 3.05) is 7.11 Å². The molecule has 174 valence electrons. The van der Waals surface area contributed by atoms with Crippen LogP contribution in [0.5, 0.6) is 11.5 Å². The van der Waals surface area contributed by atoms with E-state index in [0.29, 0.717) is 16.4 Å². The van der Waals surface area contributed by atoms with Crippen LogP contribution in [0.25, 0.3) is 6.08 Å². The Morgan fingerprint density at radius 2 is 1.82 bits per heavy atom. The minimum absolute atomic E-state index is 0.242. The lowest BCUT2D eigenvalue weighted by atomic mass is 10.1. The second-order valence-corrected chi connectivity index (χ2v) is 9.80. The molecule has 0 aromatic heterocycles. The Morgan fingerprint density at radius 1 is 1.09 bits per heavy atom. The van der Waals surface area contributed by atoms with Gasteiger partial charge in [0.25, 0.3) is 11.1 Å². The number of benzene rings is 3. The summed E-state index contributed by atoms with van der Waals surface area (Å²) in [5.74, 6) is 0.434. The molecule has 1 fully saturated rings. The quantitative estimate of drug-likeness (QED) is 0.231. The van der Waals surface area contributed by atoms with E-state index in [9.17, 15) is 14.0 Å². The summed E-state index contributed by atoms with van der Waals surface area (Å²) in [6.07, 6.45) is 1.69. The first-order chi connectivity index (χ1) is 16.4. The second kappa shape index (κ2) is 10.6. The molecule has 3 aromatic rings. The Bertz CT molecular complexity index is 1280. The van der Waals surface area contributed by atoms with Gasteiger partial charge in [0, 0.05) is 0 Å². The lowest BCUT2D eigenvalue weighted by Gasteiger charge is -2.14. The minimum atomic E-state index is -0.316. The van der Waals surface area contributed by atoms with Gasteiger partial charge in [0.05, 0.1) is 22.1 Å². The molecule has 1 saturated heterocycles. The van der Waals surface area contributed by atoms with Gasteiger partial charge in [0.15, 0.2) is 11.5 Å². The van der Waals surface area contributed by atoms with Gasteiger partial charge in [0.1, 0.15) is 12.4 Å². The molecule has 34 heavy (non-hydrogen) atoms. The maximum Gasteiger partial charge on any atom is 0.293 e. The van der Waals surface area contributed by atoms with Crippen LogP contribution in [-0.2, 0) is 17.9 Å². The molecule has 5 nitrogen and oxygen atoms in total. The van der Waals surface area contributed by atoms with Gasteiger partial charge < -0.3 is 9.47 Å². The SMILES string of the molecule is COc1cc(/C=C2\SC(=O)N(Cc3ccccc3C)C2=O)cc(I)c1OCc1ccc(F)cc1. The number of rotatable bonds is 7. The highest BCUT2D eigenvalue weighted by atomic mass is 127. The van der Waals surface area contributed by atoms with Gasteiger partial charge >= 0.3 is 0 Å². The van der Waals surface area contributed by atoms with Crippen molar-refractivity contribution >= 4 is 51.6 Å². The fraction of sp³-hybridized carbons (Fsp3) is 0.154. The highest BCUT2D eigenvalue weighted by Gasteiger charge is 2.35. The maximum atomic E-state index is 13.1. The summed E-state index contributed by atoms with van der Waals surface area (Å²) in [5.41, 5.74) is 3.51. The number of imide groups is 1. The first kappa shape index (κ1) is 24.3. The molecule has 0 bridgehead atoms. The van der Waals surface area contributed by atoms with Crippen molar-refractivity contribution in [2.45, 2.75) is 20.1 Å². The lowest BCUT2D eigenvalue weighted by Crippen LogP contribution is -2.27. The molecule has 0 aliphatic carbocycles. The average molecular weight is 589 g/mol. The smallest absolute Gasteiger partial charge is 0.293 e. The number of hydrogen-bond acceptors (Lipinski definition) is 5. The third-order valence-corrected chi connectivity index (χ3v) is 7.02. The fourth-order valence-electron chi connectivity index (χ4n) is 3.44. The summed E-state index contributed by atoms with van der Waals surface area (Å²) in [6.45, 7) is 2.45. The molecule has 0 atom stereocenters. The van der Waals surface area contributed by atoms with Crippen molar-refractivity contribution in [1.82, 2.24) is 4.90 Å². The molecule has 8 heteroatoms. The van der Waals surface area contributed by atoms with Crippen molar-refractivity contribution in [2.24, 2.45) is 0 Å². The predicted octanol–water partition coefficient (Wildman–Crippen LogP) is 6.56. The Hall–Kier alpha value is -2.85. The van der Waals surface area contributed by atoms with E-state index < -0.39 is 0 Å². The van der Waals surface area contributed by atoms with Gasteiger partial charge in [-0.3, -0.25) is 14.5 Å². The number of methoxy groups -OCH3 is 1. The third-order valence-electron chi connectivity index (χ3n) is 5.31. The van der Waals surface area contributed by atoms with Gasteiger partial charge in [-0.05, 0) is 93.9 Å². The normalized spacial score (nSPS) is 14.7. The number of amides is 2. The lowest BCUT2D eigenvalue weighted by molar-refractivity contribution is -0.123. The summed E-state index contributed by atoms with van der Waals surface area (Å²) in [6, 6.07) is 17.4. The van der Waals surface area contributed by atoms with Crippen molar-refractivity contribution < 1.29 is 23.5 Å². The van der Waals surface area contributed by atoms with Crippen LogP contribution in [0.3, 0.4) is 0 Å². The number of carbonyl (C=O) groups excluding carboxylic acids is 2. The molecule has 0 unspecified atom stereocenters. The zero-order valence-corrected chi connectivity index (χ0v) is 21.5. The first-order valence-electron chi connectivity index (χ1n) is 10.4. The third kappa shape index (κ3) is 5.44. The van der Waals surface area contributed by atoms with Crippen molar-refractivity contribution in [3.05, 3.63) is 97.2 Å². The van der Waals surface area contributed by atoms with E-state index in [4.69, 9.17) is 9.47 Å². The summed E-state index contributed by atoms with van der Waals surface area (Å²) in [5, 5.41) is -0.291. The van der Waals surface area contributed by atoms with E-state index in [0.717, 1.165) is 37.6 Å². The van der Waals surface area contributed by atoms with E-state index in [1.165, 1.54) is 24.1 Å². The van der Waals surface area contributed by atoms with Crippen LogP contribution in [-0.4, -0.2) is 23.2 Å². The standard InChI is InChI=1S/C26H21FINO4S/c1-16-5-3-4-6-19(16)14-29-25(30)23(34-26(29)31)13-18-11-21(28)24(22(12-18)32-2)33-15-17-7-9-20(27)10-8-17/h3-13H,14-15H2,1-2H3/b23-13-. The maximum absolute atomic E-state index is 13.1. The van der Waals surface area contributed by atoms with Crippen molar-refractivity contribution in [3.63, 3.8) is 0 Å². The molecule has 4 rings (SSSR count). The number of nitrogens with zero attached hydrogens (tertiary/aromatic N) is 1. The highest BCUT2D eigenvalue weighted by molar-refractivity contribution is 14.1. The van der Waals surface area contributed by atoms with Gasteiger partial charge in [-0.15, -0.1) is 0 Å². The molecular formula is C26H21FINO4S. The number of halogens is 2. The number of thioether (sulfide) groups is 1. The molecule has 2 amide bonds. The van der Waals surface area contributed by atoms with Crippen LogP contribution < -0.4 is 9.47 Å². The monoisotopic (exact) mass is 589 g/mol. The largest absolute Gasteiger partial charge is 0.493 e. The highest BCUT2D eigenvalue weighted by Crippen LogP contribution is 2.38. The molecule has 1 aliphatic rings. The molecule has 0 saturated carbocycles. The van der Waals surface area contributed by atoms with Gasteiger partial charge in [-0.1, -0.05) is 36.4 Å².